The SMILES string of the molecule is COC(=O)c1scc(NC(=O)Nc2cc(OCc3c(OC)ccc(F)c3F)c(OC)cc2F)c1C(=O)OC. The second-order valence-electron chi connectivity index (χ2n) is 7.23. The fourth-order valence-corrected chi connectivity index (χ4v) is 4.13. The number of thiophene rings is 1. The van der Waals surface area contributed by atoms with E-state index in [0.29, 0.717) is 0 Å². The molecular formula is C24H21F3N2O8S. The molecule has 0 aliphatic carbocycles. The molecule has 0 fully saturated rings. The maximum absolute atomic E-state index is 14.7. The van der Waals surface area contributed by atoms with Crippen LogP contribution in [-0.2, 0) is 16.1 Å². The van der Waals surface area contributed by atoms with Gasteiger partial charge in [-0.15, -0.1) is 11.3 Å². The molecule has 14 heteroatoms. The van der Waals surface area contributed by atoms with Crippen LogP contribution < -0.4 is 24.8 Å². The molecule has 38 heavy (non-hydrogen) atoms. The first-order chi connectivity index (χ1) is 18.1. The Hall–Kier alpha value is -4.46. The molecule has 0 spiro atoms. The summed E-state index contributed by atoms with van der Waals surface area (Å²) in [5, 5.41) is 5.89. The van der Waals surface area contributed by atoms with E-state index in [1.54, 1.807) is 0 Å². The molecule has 0 saturated heterocycles. The molecule has 3 aromatic rings. The van der Waals surface area contributed by atoms with Crippen LogP contribution in [0.3, 0.4) is 0 Å². The topological polar surface area (TPSA) is 121 Å². The predicted octanol–water partition coefficient (Wildman–Crippen LogP) is 4.98. The number of carbonyl (C=O) groups excluding carboxylic acids is 3. The van der Waals surface area contributed by atoms with Crippen molar-refractivity contribution in [3.63, 3.8) is 0 Å². The van der Waals surface area contributed by atoms with Crippen molar-refractivity contribution in [1.29, 1.82) is 0 Å². The third-order valence-electron chi connectivity index (χ3n) is 5.05. The molecule has 1 heterocycles. The third kappa shape index (κ3) is 5.91. The molecule has 2 amide bonds. The first-order valence-electron chi connectivity index (χ1n) is 10.5. The van der Waals surface area contributed by atoms with Crippen LogP contribution in [0.1, 0.15) is 25.6 Å². The number of urea groups is 1. The van der Waals surface area contributed by atoms with Crippen molar-refractivity contribution >= 4 is 40.7 Å². The van der Waals surface area contributed by atoms with Gasteiger partial charge in [0.25, 0.3) is 0 Å². The van der Waals surface area contributed by atoms with Gasteiger partial charge in [-0.1, -0.05) is 0 Å². The largest absolute Gasteiger partial charge is 0.496 e. The maximum Gasteiger partial charge on any atom is 0.349 e. The van der Waals surface area contributed by atoms with Gasteiger partial charge in [0.2, 0.25) is 0 Å². The van der Waals surface area contributed by atoms with E-state index in [2.05, 4.69) is 20.1 Å². The van der Waals surface area contributed by atoms with Gasteiger partial charge in [0.05, 0.1) is 45.4 Å². The van der Waals surface area contributed by atoms with Crippen LogP contribution in [0.2, 0.25) is 0 Å². The lowest BCUT2D eigenvalue weighted by molar-refractivity contribution is 0.0561. The minimum atomic E-state index is -1.19. The molecule has 1 aromatic heterocycles. The lowest BCUT2D eigenvalue weighted by Crippen LogP contribution is -2.22. The van der Waals surface area contributed by atoms with E-state index in [1.165, 1.54) is 25.7 Å². The van der Waals surface area contributed by atoms with Crippen molar-refractivity contribution in [2.24, 2.45) is 0 Å². The minimum Gasteiger partial charge on any atom is -0.496 e. The standard InChI is InChI=1S/C24H21F3N2O8S/c1-33-16-6-5-12(25)20(27)11(16)9-37-18-8-14(13(26)7-17(18)34-2)28-24(32)29-15-10-38-21(23(31)36-4)19(15)22(30)35-3/h5-8,10H,9H2,1-4H3,(H2,28,29,32). The van der Waals surface area contributed by atoms with Crippen LogP contribution >= 0.6 is 11.3 Å². The molecule has 0 bridgehead atoms. The molecule has 0 atom stereocenters. The van der Waals surface area contributed by atoms with E-state index in [0.717, 1.165) is 43.8 Å². The number of carbonyl (C=O) groups is 3. The van der Waals surface area contributed by atoms with Gasteiger partial charge in [0.15, 0.2) is 29.0 Å². The van der Waals surface area contributed by atoms with Crippen molar-refractivity contribution in [2.75, 3.05) is 39.1 Å². The van der Waals surface area contributed by atoms with Crippen LogP contribution in [0.15, 0.2) is 29.6 Å². The average Bonchev–Trinajstić information content (AvgIpc) is 3.32. The van der Waals surface area contributed by atoms with Gasteiger partial charge >= 0.3 is 18.0 Å². The summed E-state index contributed by atoms with van der Waals surface area (Å²) in [7, 11) is 4.70. The molecule has 2 aromatic carbocycles. The highest BCUT2D eigenvalue weighted by molar-refractivity contribution is 7.13. The Morgan fingerprint density at radius 3 is 2.11 bits per heavy atom. The number of anilines is 2. The molecule has 2 N–H and O–H groups in total. The van der Waals surface area contributed by atoms with E-state index >= 15 is 0 Å². The Bertz CT molecular complexity index is 1380. The summed E-state index contributed by atoms with van der Waals surface area (Å²) in [6, 6.07) is 3.09. The summed E-state index contributed by atoms with van der Waals surface area (Å²) in [6.45, 7) is -0.520. The summed E-state index contributed by atoms with van der Waals surface area (Å²) in [6.07, 6.45) is 0. The maximum atomic E-state index is 14.7. The molecular weight excluding hydrogens is 533 g/mol. The minimum absolute atomic E-state index is 0.0196. The summed E-state index contributed by atoms with van der Waals surface area (Å²) >= 11 is 0.825. The molecule has 0 radical (unpaired) electrons. The normalized spacial score (nSPS) is 10.4. The second kappa shape index (κ2) is 12.2. The third-order valence-corrected chi connectivity index (χ3v) is 6.01. The van der Waals surface area contributed by atoms with E-state index in [-0.39, 0.29) is 44.6 Å². The van der Waals surface area contributed by atoms with Crippen LogP contribution in [0.4, 0.5) is 29.3 Å². The van der Waals surface area contributed by atoms with Gasteiger partial charge in [0.1, 0.15) is 22.8 Å². The highest BCUT2D eigenvalue weighted by atomic mass is 32.1. The molecule has 3 rings (SSSR count). The van der Waals surface area contributed by atoms with E-state index in [1.807, 2.05) is 0 Å². The Morgan fingerprint density at radius 2 is 1.47 bits per heavy atom. The number of halogens is 3. The average molecular weight is 554 g/mol. The number of nitrogens with one attached hydrogen (secondary N) is 2. The van der Waals surface area contributed by atoms with Crippen molar-refractivity contribution < 1.29 is 51.2 Å². The number of esters is 2. The Morgan fingerprint density at radius 1 is 0.816 bits per heavy atom. The zero-order chi connectivity index (χ0) is 28.0. The second-order valence-corrected chi connectivity index (χ2v) is 8.11. The van der Waals surface area contributed by atoms with Crippen molar-refractivity contribution in [1.82, 2.24) is 0 Å². The lowest BCUT2D eigenvalue weighted by atomic mass is 10.2. The van der Waals surface area contributed by atoms with E-state index < -0.39 is 42.0 Å². The number of amides is 2. The predicted molar refractivity (Wildman–Crippen MR) is 130 cm³/mol. The number of rotatable bonds is 9. The summed E-state index contributed by atoms with van der Waals surface area (Å²) in [4.78, 5) is 36.7. The Balaban J connectivity index is 1.85. The van der Waals surface area contributed by atoms with E-state index in [9.17, 15) is 27.6 Å². The van der Waals surface area contributed by atoms with Gasteiger partial charge < -0.3 is 34.3 Å². The zero-order valence-corrected chi connectivity index (χ0v) is 21.2. The molecule has 0 aliphatic rings. The monoisotopic (exact) mass is 554 g/mol. The van der Waals surface area contributed by atoms with Gasteiger partial charge in [-0.3, -0.25) is 0 Å². The summed E-state index contributed by atoms with van der Waals surface area (Å²) in [5.74, 6) is -5.16. The number of hydrogen-bond donors (Lipinski definition) is 2. The molecule has 202 valence electrons. The molecule has 0 unspecified atom stereocenters. The molecule has 0 aliphatic heterocycles. The summed E-state index contributed by atoms with van der Waals surface area (Å²) in [5.41, 5.74) is -0.947. The van der Waals surface area contributed by atoms with Crippen LogP contribution in [0.25, 0.3) is 0 Å². The van der Waals surface area contributed by atoms with Crippen LogP contribution in [0.5, 0.6) is 17.2 Å². The number of benzene rings is 2. The van der Waals surface area contributed by atoms with Gasteiger partial charge in [-0.05, 0) is 12.1 Å². The number of ether oxygens (including phenoxy) is 5. The van der Waals surface area contributed by atoms with Gasteiger partial charge in [-0.2, -0.15) is 0 Å². The fraction of sp³-hybridized carbons (Fsp3) is 0.208. The summed E-state index contributed by atoms with van der Waals surface area (Å²) < 4.78 is 67.6. The highest BCUT2D eigenvalue weighted by Gasteiger charge is 2.26. The molecule has 10 nitrogen and oxygen atoms in total. The Labute approximate surface area is 218 Å². The Kier molecular flexibility index (Phi) is 9.02. The first-order valence-corrected chi connectivity index (χ1v) is 11.4. The smallest absolute Gasteiger partial charge is 0.349 e. The van der Waals surface area contributed by atoms with Crippen LogP contribution in [-0.4, -0.2) is 46.4 Å². The zero-order valence-electron chi connectivity index (χ0n) is 20.4. The van der Waals surface area contributed by atoms with Crippen molar-refractivity contribution in [3.05, 3.63) is 63.1 Å². The number of methoxy groups -OCH3 is 4. The quantitative estimate of drug-likeness (QED) is 0.356. The van der Waals surface area contributed by atoms with E-state index in [4.69, 9.17) is 14.2 Å². The van der Waals surface area contributed by atoms with Gasteiger partial charge in [0, 0.05) is 17.5 Å². The van der Waals surface area contributed by atoms with Crippen molar-refractivity contribution in [3.8, 4) is 17.2 Å². The highest BCUT2D eigenvalue weighted by Crippen LogP contribution is 2.35. The fourth-order valence-electron chi connectivity index (χ4n) is 3.23. The van der Waals surface area contributed by atoms with Crippen molar-refractivity contribution in [2.45, 2.75) is 6.61 Å². The van der Waals surface area contributed by atoms with Crippen LogP contribution in [0, 0.1) is 17.5 Å². The lowest BCUT2D eigenvalue weighted by Gasteiger charge is -2.16. The molecule has 0 saturated carbocycles. The van der Waals surface area contributed by atoms with Gasteiger partial charge in [-0.25, -0.2) is 27.6 Å². The first kappa shape index (κ1) is 28.1. The number of hydrogen-bond acceptors (Lipinski definition) is 9.